The fraction of sp³-hybridized carbons (Fsp3) is 0.524. The Morgan fingerprint density at radius 3 is 2.60 bits per heavy atom. The summed E-state index contributed by atoms with van der Waals surface area (Å²) in [5.74, 6) is 2.11. The number of amides is 1. The Kier molecular flexibility index (Phi) is 7.68. The second-order valence-electron chi connectivity index (χ2n) is 7.69. The summed E-state index contributed by atoms with van der Waals surface area (Å²) in [4.78, 5) is 21.1. The molecule has 0 radical (unpaired) electrons. The van der Waals surface area contributed by atoms with E-state index in [2.05, 4.69) is 9.88 Å². The Bertz CT molecular complexity index is 775. The Morgan fingerprint density at radius 1 is 1.20 bits per heavy atom. The lowest BCUT2D eigenvalue weighted by molar-refractivity contribution is -0.136. The predicted molar refractivity (Wildman–Crippen MR) is 115 cm³/mol. The summed E-state index contributed by atoms with van der Waals surface area (Å²) in [6.07, 6.45) is 7.48. The number of nitrogens with two attached hydrogens (primary N) is 2. The third-order valence-corrected chi connectivity index (χ3v) is 5.85. The van der Waals surface area contributed by atoms with E-state index in [4.69, 9.17) is 32.5 Å². The van der Waals surface area contributed by atoms with Gasteiger partial charge in [-0.3, -0.25) is 4.79 Å². The van der Waals surface area contributed by atoms with Crippen LogP contribution in [0.15, 0.2) is 42.2 Å². The van der Waals surface area contributed by atoms with Crippen molar-refractivity contribution in [1.29, 1.82) is 0 Å². The molecule has 1 atom stereocenters. The van der Waals surface area contributed by atoms with Crippen LogP contribution in [0.3, 0.4) is 0 Å². The number of carbonyl (C=O) groups excluding carboxylic acids is 1. The lowest BCUT2D eigenvalue weighted by atomic mass is 9.95. The lowest BCUT2D eigenvalue weighted by Crippen LogP contribution is -2.42. The molecule has 3 heterocycles. The van der Waals surface area contributed by atoms with Crippen LogP contribution in [0.2, 0.25) is 5.02 Å². The molecule has 0 spiro atoms. The molecule has 4 N–H and O–H groups in total. The minimum atomic E-state index is 0.0474. The van der Waals surface area contributed by atoms with Crippen LogP contribution in [-0.4, -0.2) is 60.6 Å². The number of carbonyl (C=O) groups is 1. The van der Waals surface area contributed by atoms with Gasteiger partial charge >= 0.3 is 0 Å². The number of pyridine rings is 1. The van der Waals surface area contributed by atoms with Crippen molar-refractivity contribution in [1.82, 2.24) is 14.8 Å². The van der Waals surface area contributed by atoms with E-state index < -0.39 is 0 Å². The molecule has 2 saturated heterocycles. The van der Waals surface area contributed by atoms with E-state index in [9.17, 15) is 4.79 Å². The van der Waals surface area contributed by atoms with E-state index in [1.165, 1.54) is 7.11 Å². The lowest BCUT2D eigenvalue weighted by Gasteiger charge is -2.34. The van der Waals surface area contributed by atoms with Crippen molar-refractivity contribution >= 4 is 17.5 Å². The van der Waals surface area contributed by atoms with Gasteiger partial charge in [0.2, 0.25) is 11.8 Å². The highest BCUT2D eigenvalue weighted by Crippen LogP contribution is 2.25. The van der Waals surface area contributed by atoms with Gasteiger partial charge in [0, 0.05) is 56.4 Å². The first-order chi connectivity index (χ1) is 14.5. The summed E-state index contributed by atoms with van der Waals surface area (Å²) >= 11 is 5.84. The van der Waals surface area contributed by atoms with E-state index in [1.54, 1.807) is 30.5 Å². The molecule has 2 aliphatic heterocycles. The van der Waals surface area contributed by atoms with Gasteiger partial charge in [-0.1, -0.05) is 11.6 Å². The second kappa shape index (κ2) is 10.4. The smallest absolute Gasteiger partial charge is 0.225 e. The van der Waals surface area contributed by atoms with Gasteiger partial charge in [0.15, 0.2) is 5.88 Å². The third-order valence-electron chi connectivity index (χ3n) is 5.63. The quantitative estimate of drug-likeness (QED) is 0.497. The van der Waals surface area contributed by atoms with Crippen molar-refractivity contribution in [3.63, 3.8) is 0 Å². The maximum Gasteiger partial charge on any atom is 0.225 e. The highest BCUT2D eigenvalue weighted by Gasteiger charge is 2.33. The highest BCUT2D eigenvalue weighted by atomic mass is 35.5. The van der Waals surface area contributed by atoms with Crippen LogP contribution < -0.4 is 16.2 Å². The molecule has 0 bridgehead atoms. The largest absolute Gasteiger partial charge is 0.483 e. The number of methoxy groups -OCH3 is 1. The number of rotatable bonds is 7. The number of hydrogen-bond acceptors (Lipinski definition) is 7. The molecule has 164 valence electrons. The van der Waals surface area contributed by atoms with Crippen LogP contribution in [0.1, 0.15) is 19.3 Å². The first-order valence-electron chi connectivity index (χ1n) is 10.2. The van der Waals surface area contributed by atoms with Crippen molar-refractivity contribution in [2.75, 3.05) is 39.9 Å². The van der Waals surface area contributed by atoms with Crippen molar-refractivity contribution in [3.8, 4) is 5.88 Å². The summed E-state index contributed by atoms with van der Waals surface area (Å²) in [6, 6.07) is 3.51. The Morgan fingerprint density at radius 2 is 1.93 bits per heavy atom. The van der Waals surface area contributed by atoms with Crippen molar-refractivity contribution in [2.45, 2.75) is 19.3 Å². The number of likely N-dealkylation sites (tertiary alicyclic amines) is 2. The number of allylic oxidation sites excluding steroid dienone is 2. The molecule has 0 aromatic carbocycles. The van der Waals surface area contributed by atoms with Crippen LogP contribution in [0.4, 0.5) is 0 Å². The molecule has 1 aromatic heterocycles. The van der Waals surface area contributed by atoms with Crippen LogP contribution in [0.5, 0.6) is 5.88 Å². The molecule has 1 amide bonds. The summed E-state index contributed by atoms with van der Waals surface area (Å²) in [7, 11) is 1.51. The Balaban J connectivity index is 1.42. The van der Waals surface area contributed by atoms with Crippen LogP contribution >= 0.6 is 11.6 Å². The number of hydrogen-bond donors (Lipinski definition) is 2. The van der Waals surface area contributed by atoms with Crippen molar-refractivity contribution in [3.05, 3.63) is 47.2 Å². The average Bonchev–Trinajstić information content (AvgIpc) is 3.25. The zero-order valence-corrected chi connectivity index (χ0v) is 18.1. The fourth-order valence-electron chi connectivity index (χ4n) is 3.80. The fourth-order valence-corrected chi connectivity index (χ4v) is 3.92. The zero-order valence-electron chi connectivity index (χ0n) is 17.3. The molecule has 8 nitrogen and oxygen atoms in total. The highest BCUT2D eigenvalue weighted by molar-refractivity contribution is 6.30. The molecule has 1 aromatic rings. The first-order valence-corrected chi connectivity index (χ1v) is 10.6. The monoisotopic (exact) mass is 435 g/mol. The molecule has 2 aliphatic rings. The van der Waals surface area contributed by atoms with Crippen molar-refractivity contribution < 1.29 is 14.3 Å². The van der Waals surface area contributed by atoms with Crippen molar-refractivity contribution in [2.24, 2.45) is 23.3 Å². The number of ether oxygens (including phenoxy) is 2. The molecule has 3 rings (SSSR count). The van der Waals surface area contributed by atoms with E-state index >= 15 is 0 Å². The maximum absolute atomic E-state index is 12.9. The molecule has 30 heavy (non-hydrogen) atoms. The summed E-state index contributed by atoms with van der Waals surface area (Å²) < 4.78 is 10.7. The molecule has 0 aliphatic carbocycles. The van der Waals surface area contributed by atoms with E-state index in [0.717, 1.165) is 45.4 Å². The first kappa shape index (κ1) is 22.1. The van der Waals surface area contributed by atoms with Gasteiger partial charge in [-0.15, -0.1) is 0 Å². The zero-order chi connectivity index (χ0) is 21.5. The van der Waals surface area contributed by atoms with Crippen LogP contribution in [0.25, 0.3) is 0 Å². The Labute approximate surface area is 182 Å². The van der Waals surface area contributed by atoms with Crippen LogP contribution in [0, 0.1) is 11.8 Å². The van der Waals surface area contributed by atoms with Gasteiger partial charge in [-0.2, -0.15) is 0 Å². The minimum Gasteiger partial charge on any atom is -0.483 e. The van der Waals surface area contributed by atoms with Gasteiger partial charge in [-0.25, -0.2) is 4.98 Å². The number of halogens is 1. The minimum absolute atomic E-state index is 0.0474. The molecule has 1 unspecified atom stereocenters. The normalized spacial score (nSPS) is 21.1. The van der Waals surface area contributed by atoms with Gasteiger partial charge in [0.25, 0.3) is 0 Å². The van der Waals surface area contributed by atoms with Gasteiger partial charge in [0.1, 0.15) is 0 Å². The van der Waals surface area contributed by atoms with E-state index in [-0.39, 0.29) is 11.8 Å². The molecular weight excluding hydrogens is 406 g/mol. The predicted octanol–water partition coefficient (Wildman–Crippen LogP) is 1.92. The molecule has 9 heteroatoms. The van der Waals surface area contributed by atoms with Gasteiger partial charge < -0.3 is 30.7 Å². The van der Waals surface area contributed by atoms with E-state index in [1.807, 2.05) is 4.90 Å². The Hall–Kier alpha value is -2.61. The number of aromatic nitrogens is 1. The van der Waals surface area contributed by atoms with Crippen LogP contribution in [-0.2, 0) is 9.53 Å². The van der Waals surface area contributed by atoms with Gasteiger partial charge in [0.05, 0.1) is 24.6 Å². The van der Waals surface area contributed by atoms with Gasteiger partial charge in [-0.05, 0) is 31.4 Å². The SMILES string of the molecule is CO/C(N)=C/C=C(\N)N1CCC(C(=O)N2CCC(COc3ccc(Cl)cn3)C2)CC1. The maximum atomic E-state index is 12.9. The summed E-state index contributed by atoms with van der Waals surface area (Å²) in [5, 5.41) is 0.582. The summed E-state index contributed by atoms with van der Waals surface area (Å²) in [5.41, 5.74) is 11.7. The summed E-state index contributed by atoms with van der Waals surface area (Å²) in [6.45, 7) is 3.57. The molecule has 0 saturated carbocycles. The average molecular weight is 436 g/mol. The third kappa shape index (κ3) is 5.95. The standard InChI is InChI=1S/C21H30ClN5O3/c1-29-19(24)4-3-18(23)26-10-7-16(8-11-26)21(28)27-9-6-15(13-27)14-30-20-5-2-17(22)12-25-20/h2-5,12,15-16H,6-11,13-14,23-24H2,1H3/b18-3+,19-4+. The van der Waals surface area contributed by atoms with E-state index in [0.29, 0.717) is 35.1 Å². The molecule has 2 fully saturated rings. The number of nitrogens with zero attached hydrogens (tertiary/aromatic N) is 3. The topological polar surface area (TPSA) is 107 Å². The number of piperidine rings is 1. The molecular formula is C21H30ClN5O3. The second-order valence-corrected chi connectivity index (χ2v) is 8.13.